The lowest BCUT2D eigenvalue weighted by atomic mass is 10.1. The van der Waals surface area contributed by atoms with Crippen molar-refractivity contribution >= 4 is 0 Å². The zero-order valence-corrected chi connectivity index (χ0v) is 13.1. The molecule has 2 bridgehead atoms. The second-order valence-corrected chi connectivity index (χ2v) is 5.15. The molecule has 2 rings (SSSR count). The summed E-state index contributed by atoms with van der Waals surface area (Å²) in [7, 11) is 0. The topological polar surface area (TPSA) is 46.2 Å². The highest BCUT2D eigenvalue weighted by Crippen LogP contribution is 2.15. The lowest BCUT2D eigenvalue weighted by Crippen LogP contribution is -2.14. The van der Waals surface area contributed by atoms with Crippen molar-refractivity contribution in [1.82, 2.24) is 0 Å². The summed E-state index contributed by atoms with van der Waals surface area (Å²) >= 11 is 0. The van der Waals surface area contributed by atoms with Crippen molar-refractivity contribution in [1.29, 1.82) is 0 Å². The summed E-state index contributed by atoms with van der Waals surface area (Å²) in [5.41, 5.74) is 2.51. The van der Waals surface area contributed by atoms with Crippen molar-refractivity contribution in [3.8, 4) is 0 Å². The van der Waals surface area contributed by atoms with Gasteiger partial charge in [0.2, 0.25) is 0 Å². The Bertz CT molecular complexity index is 353. The van der Waals surface area contributed by atoms with E-state index in [1.807, 2.05) is 12.2 Å². The van der Waals surface area contributed by atoms with Crippen LogP contribution in [0.1, 0.15) is 6.42 Å². The van der Waals surface area contributed by atoms with Crippen LogP contribution >= 0.6 is 0 Å². The highest BCUT2D eigenvalue weighted by Gasteiger charge is 2.05. The Hall–Kier alpha value is -0.980. The van der Waals surface area contributed by atoms with E-state index in [2.05, 4.69) is 12.2 Å². The number of ether oxygens (including phenoxy) is 5. The highest BCUT2D eigenvalue weighted by atomic mass is 16.6. The van der Waals surface area contributed by atoms with Crippen LogP contribution in [-0.2, 0) is 23.7 Å². The van der Waals surface area contributed by atoms with Gasteiger partial charge in [-0.2, -0.15) is 0 Å². The third-order valence-electron chi connectivity index (χ3n) is 3.29. The summed E-state index contributed by atoms with van der Waals surface area (Å²) in [6, 6.07) is 0. The van der Waals surface area contributed by atoms with Crippen molar-refractivity contribution in [2.45, 2.75) is 6.42 Å². The van der Waals surface area contributed by atoms with Crippen molar-refractivity contribution < 1.29 is 23.7 Å². The molecule has 0 amide bonds. The summed E-state index contributed by atoms with van der Waals surface area (Å²) in [5.74, 6) is 0. The van der Waals surface area contributed by atoms with E-state index in [9.17, 15) is 0 Å². The molecule has 0 aromatic carbocycles. The van der Waals surface area contributed by atoms with E-state index < -0.39 is 0 Å². The second kappa shape index (κ2) is 11.6. The minimum Gasteiger partial charge on any atom is -0.377 e. The first-order valence-electron chi connectivity index (χ1n) is 7.88. The molecule has 0 radical (unpaired) electrons. The van der Waals surface area contributed by atoms with Gasteiger partial charge < -0.3 is 23.7 Å². The first-order valence-corrected chi connectivity index (χ1v) is 7.88. The molecule has 0 unspecified atom stereocenters. The van der Waals surface area contributed by atoms with Gasteiger partial charge in [0.15, 0.2) is 0 Å². The number of fused-ring (bicyclic) bond motifs is 2. The van der Waals surface area contributed by atoms with Crippen molar-refractivity contribution in [3.05, 3.63) is 35.5 Å². The monoisotopic (exact) mass is 310 g/mol. The standard InChI is InChI=1S/C17H26O5/c1-2-4-17-13-16(3-1)14-21-11-9-19-7-5-18-6-8-20-10-12-22-15-17/h1-4H,5-15H2. The first kappa shape index (κ1) is 17.4. The summed E-state index contributed by atoms with van der Waals surface area (Å²) < 4.78 is 27.6. The lowest BCUT2D eigenvalue weighted by molar-refractivity contribution is -0.00916. The maximum atomic E-state index is 5.66. The third kappa shape index (κ3) is 7.87. The third-order valence-corrected chi connectivity index (χ3v) is 3.29. The predicted octanol–water partition coefficient (Wildman–Crippen LogP) is 1.90. The maximum Gasteiger partial charge on any atom is 0.0704 e. The molecular weight excluding hydrogens is 284 g/mol. The molecular formula is C17H26O5. The number of hydrogen-bond donors (Lipinski definition) is 0. The summed E-state index contributed by atoms with van der Waals surface area (Å²) in [6.45, 7) is 5.99. The Morgan fingerprint density at radius 3 is 1.27 bits per heavy atom. The Morgan fingerprint density at radius 1 is 0.500 bits per heavy atom. The van der Waals surface area contributed by atoms with Gasteiger partial charge in [0, 0.05) is 0 Å². The number of hydrogen-bond acceptors (Lipinski definition) is 5. The fraction of sp³-hybridized carbons (Fsp3) is 0.647. The molecule has 2 aliphatic rings. The van der Waals surface area contributed by atoms with E-state index in [0.29, 0.717) is 66.1 Å². The molecule has 1 aliphatic heterocycles. The largest absolute Gasteiger partial charge is 0.377 e. The first-order chi connectivity index (χ1) is 10.9. The molecule has 0 atom stereocenters. The van der Waals surface area contributed by atoms with Gasteiger partial charge in [-0.3, -0.25) is 0 Å². The van der Waals surface area contributed by atoms with Gasteiger partial charge in [-0.15, -0.1) is 0 Å². The van der Waals surface area contributed by atoms with E-state index in [0.717, 1.165) is 6.42 Å². The second-order valence-electron chi connectivity index (χ2n) is 5.15. The van der Waals surface area contributed by atoms with Crippen LogP contribution in [0, 0.1) is 0 Å². The zero-order valence-electron chi connectivity index (χ0n) is 13.1. The molecule has 5 heteroatoms. The zero-order chi connectivity index (χ0) is 15.3. The predicted molar refractivity (Wildman–Crippen MR) is 84.0 cm³/mol. The lowest BCUT2D eigenvalue weighted by Gasteiger charge is -2.12. The molecule has 0 N–H and O–H groups in total. The summed E-state index contributed by atoms with van der Waals surface area (Å²) in [5, 5.41) is 0. The molecule has 0 spiro atoms. The van der Waals surface area contributed by atoms with Gasteiger partial charge >= 0.3 is 0 Å². The summed E-state index contributed by atoms with van der Waals surface area (Å²) in [4.78, 5) is 0. The minimum atomic E-state index is 0.587. The van der Waals surface area contributed by atoms with Crippen LogP contribution in [0.3, 0.4) is 0 Å². The van der Waals surface area contributed by atoms with E-state index in [1.54, 1.807) is 0 Å². The molecule has 5 nitrogen and oxygen atoms in total. The molecule has 0 saturated carbocycles. The summed E-state index contributed by atoms with van der Waals surface area (Å²) in [6.07, 6.45) is 9.21. The fourth-order valence-corrected chi connectivity index (χ4v) is 2.18. The van der Waals surface area contributed by atoms with Crippen molar-refractivity contribution in [3.63, 3.8) is 0 Å². The van der Waals surface area contributed by atoms with E-state index in [4.69, 9.17) is 23.7 Å². The highest BCUT2D eigenvalue weighted by molar-refractivity contribution is 5.29. The fourth-order valence-electron chi connectivity index (χ4n) is 2.18. The molecule has 1 saturated heterocycles. The van der Waals surface area contributed by atoms with Crippen LogP contribution in [0.5, 0.6) is 0 Å². The van der Waals surface area contributed by atoms with Crippen LogP contribution in [0.4, 0.5) is 0 Å². The van der Waals surface area contributed by atoms with Crippen molar-refractivity contribution in [2.75, 3.05) is 66.1 Å². The molecule has 0 aromatic heterocycles. The van der Waals surface area contributed by atoms with E-state index in [-0.39, 0.29) is 0 Å². The van der Waals surface area contributed by atoms with Crippen LogP contribution < -0.4 is 0 Å². The normalized spacial score (nSPS) is 23.6. The molecule has 1 heterocycles. The molecule has 0 aromatic rings. The van der Waals surface area contributed by atoms with Gasteiger partial charge in [0.05, 0.1) is 66.1 Å². The average Bonchev–Trinajstić information content (AvgIpc) is 2.75. The van der Waals surface area contributed by atoms with Crippen LogP contribution in [0.25, 0.3) is 0 Å². The van der Waals surface area contributed by atoms with E-state index >= 15 is 0 Å². The smallest absolute Gasteiger partial charge is 0.0704 e. The maximum absolute atomic E-state index is 5.66. The molecule has 124 valence electrons. The van der Waals surface area contributed by atoms with Gasteiger partial charge in [-0.05, 0) is 17.6 Å². The van der Waals surface area contributed by atoms with Gasteiger partial charge in [0.25, 0.3) is 0 Å². The Labute approximate surface area is 132 Å². The van der Waals surface area contributed by atoms with Gasteiger partial charge in [-0.1, -0.05) is 24.3 Å². The van der Waals surface area contributed by atoms with Gasteiger partial charge in [-0.25, -0.2) is 0 Å². The molecule has 1 aliphatic carbocycles. The number of allylic oxidation sites excluding steroid dienone is 4. The van der Waals surface area contributed by atoms with Crippen LogP contribution in [0.2, 0.25) is 0 Å². The quantitative estimate of drug-likeness (QED) is 0.684. The Kier molecular flexibility index (Phi) is 9.14. The van der Waals surface area contributed by atoms with Gasteiger partial charge in [0.1, 0.15) is 0 Å². The Morgan fingerprint density at radius 2 is 0.864 bits per heavy atom. The van der Waals surface area contributed by atoms with Crippen molar-refractivity contribution in [2.24, 2.45) is 0 Å². The minimum absolute atomic E-state index is 0.587. The number of rotatable bonds is 0. The van der Waals surface area contributed by atoms with Crippen LogP contribution in [0.15, 0.2) is 35.5 Å². The SMILES string of the molecule is C1=CC=C2COCCOCCOCCOCCOCC(=C1)C2. The molecule has 1 fully saturated rings. The van der Waals surface area contributed by atoms with Crippen LogP contribution in [-0.4, -0.2) is 66.1 Å². The average molecular weight is 310 g/mol. The van der Waals surface area contributed by atoms with E-state index in [1.165, 1.54) is 11.1 Å². The molecule has 22 heavy (non-hydrogen) atoms. The Balaban J connectivity index is 1.77.